The summed E-state index contributed by atoms with van der Waals surface area (Å²) in [6, 6.07) is 12.5. The number of fused-ring (bicyclic) bond motifs is 4. The van der Waals surface area contributed by atoms with E-state index in [0.717, 1.165) is 69.2 Å². The summed E-state index contributed by atoms with van der Waals surface area (Å²) in [6.45, 7) is 3.97. The van der Waals surface area contributed by atoms with Crippen molar-refractivity contribution in [3.63, 3.8) is 0 Å². The average molecular weight is 330 g/mol. The van der Waals surface area contributed by atoms with Crippen LogP contribution < -0.4 is 5.63 Å². The summed E-state index contributed by atoms with van der Waals surface area (Å²) in [5, 5.41) is 2.16. The molecule has 1 aliphatic carbocycles. The van der Waals surface area contributed by atoms with E-state index in [-0.39, 0.29) is 5.63 Å². The zero-order valence-electron chi connectivity index (χ0n) is 14.3. The van der Waals surface area contributed by atoms with Gasteiger partial charge in [-0.05, 0) is 50.3 Å². The van der Waals surface area contributed by atoms with Gasteiger partial charge in [0, 0.05) is 27.5 Å². The van der Waals surface area contributed by atoms with Gasteiger partial charge in [0.15, 0.2) is 0 Å². The molecule has 0 unspecified atom stereocenters. The molecule has 0 aliphatic heterocycles. The van der Waals surface area contributed by atoms with Gasteiger partial charge >= 0.3 is 5.63 Å². The van der Waals surface area contributed by atoms with Crippen LogP contribution in [0.5, 0.6) is 0 Å². The first kappa shape index (κ1) is 14.5. The number of benzene rings is 2. The molecule has 124 valence electrons. The number of hydrogen-bond donors (Lipinski definition) is 0. The third kappa shape index (κ3) is 1.95. The summed E-state index contributed by atoms with van der Waals surface area (Å²) in [7, 11) is 0. The van der Waals surface area contributed by atoms with Crippen LogP contribution in [0.4, 0.5) is 0 Å². The normalized spacial score (nSPS) is 13.7. The predicted molar refractivity (Wildman–Crippen MR) is 99.2 cm³/mol. The van der Waals surface area contributed by atoms with Crippen molar-refractivity contribution in [3.05, 3.63) is 69.3 Å². The highest BCUT2D eigenvalue weighted by Gasteiger charge is 2.24. The molecule has 0 atom stereocenters. The van der Waals surface area contributed by atoms with Gasteiger partial charge in [-0.25, -0.2) is 4.79 Å². The highest BCUT2D eigenvalue weighted by Crippen LogP contribution is 2.40. The minimum atomic E-state index is -0.186. The second-order valence-corrected chi connectivity index (χ2v) is 6.85. The van der Waals surface area contributed by atoms with Gasteiger partial charge in [-0.1, -0.05) is 30.3 Å². The van der Waals surface area contributed by atoms with Gasteiger partial charge in [-0.2, -0.15) is 0 Å². The van der Waals surface area contributed by atoms with Crippen molar-refractivity contribution < 1.29 is 8.83 Å². The lowest BCUT2D eigenvalue weighted by atomic mass is 9.97. The Morgan fingerprint density at radius 1 is 0.880 bits per heavy atom. The first-order valence-corrected chi connectivity index (χ1v) is 8.72. The molecular weight excluding hydrogens is 312 g/mol. The second-order valence-electron chi connectivity index (χ2n) is 6.85. The van der Waals surface area contributed by atoms with Crippen molar-refractivity contribution in [1.29, 1.82) is 0 Å². The highest BCUT2D eigenvalue weighted by atomic mass is 16.4. The molecule has 25 heavy (non-hydrogen) atoms. The van der Waals surface area contributed by atoms with Gasteiger partial charge in [0.05, 0.1) is 0 Å². The Morgan fingerprint density at radius 2 is 1.60 bits per heavy atom. The number of aryl methyl sites for hydroxylation is 3. The van der Waals surface area contributed by atoms with Gasteiger partial charge in [0.25, 0.3) is 0 Å². The van der Waals surface area contributed by atoms with Gasteiger partial charge in [0.2, 0.25) is 0 Å². The molecule has 0 spiro atoms. The third-order valence-electron chi connectivity index (χ3n) is 5.38. The fourth-order valence-corrected chi connectivity index (χ4v) is 4.23. The van der Waals surface area contributed by atoms with Crippen LogP contribution in [-0.4, -0.2) is 0 Å². The predicted octanol–water partition coefficient (Wildman–Crippen LogP) is 5.31. The molecule has 2 aromatic heterocycles. The maximum atomic E-state index is 12.3. The summed E-state index contributed by atoms with van der Waals surface area (Å²) >= 11 is 0. The monoisotopic (exact) mass is 330 g/mol. The van der Waals surface area contributed by atoms with E-state index in [1.807, 2.05) is 32.0 Å². The number of furan rings is 1. The average Bonchev–Trinajstić information content (AvgIpc) is 3.22. The number of rotatable bonds is 1. The zero-order valence-corrected chi connectivity index (χ0v) is 14.3. The summed E-state index contributed by atoms with van der Waals surface area (Å²) < 4.78 is 11.8. The van der Waals surface area contributed by atoms with Crippen molar-refractivity contribution >= 4 is 21.9 Å². The van der Waals surface area contributed by atoms with E-state index in [0.29, 0.717) is 5.58 Å². The fraction of sp³-hybridized carbons (Fsp3) is 0.227. The number of hydrogen-bond acceptors (Lipinski definition) is 3. The molecule has 2 heterocycles. The van der Waals surface area contributed by atoms with Crippen LogP contribution in [0.25, 0.3) is 33.1 Å². The van der Waals surface area contributed by atoms with Crippen molar-refractivity contribution in [2.75, 3.05) is 0 Å². The molecule has 0 saturated heterocycles. The van der Waals surface area contributed by atoms with E-state index in [4.69, 9.17) is 8.83 Å². The van der Waals surface area contributed by atoms with Gasteiger partial charge in [-0.15, -0.1) is 0 Å². The Balaban J connectivity index is 1.96. The molecule has 0 amide bonds. The highest BCUT2D eigenvalue weighted by molar-refractivity contribution is 6.05. The van der Waals surface area contributed by atoms with Gasteiger partial charge in [0.1, 0.15) is 16.9 Å². The van der Waals surface area contributed by atoms with E-state index in [2.05, 4.69) is 18.2 Å². The van der Waals surface area contributed by atoms with Crippen LogP contribution in [-0.2, 0) is 12.8 Å². The first-order valence-electron chi connectivity index (χ1n) is 8.72. The van der Waals surface area contributed by atoms with Crippen molar-refractivity contribution in [3.8, 4) is 11.1 Å². The van der Waals surface area contributed by atoms with Gasteiger partial charge in [-0.3, -0.25) is 0 Å². The third-order valence-corrected chi connectivity index (χ3v) is 5.38. The minimum absolute atomic E-state index is 0.186. The topological polar surface area (TPSA) is 43.4 Å². The van der Waals surface area contributed by atoms with E-state index in [9.17, 15) is 4.79 Å². The Labute approximate surface area is 144 Å². The Morgan fingerprint density at radius 3 is 2.40 bits per heavy atom. The van der Waals surface area contributed by atoms with Crippen molar-refractivity contribution in [2.24, 2.45) is 0 Å². The molecule has 5 rings (SSSR count). The van der Waals surface area contributed by atoms with E-state index in [1.165, 1.54) is 0 Å². The van der Waals surface area contributed by atoms with E-state index < -0.39 is 0 Å². The van der Waals surface area contributed by atoms with Crippen molar-refractivity contribution in [2.45, 2.75) is 33.1 Å². The maximum Gasteiger partial charge on any atom is 0.339 e. The Kier molecular flexibility index (Phi) is 2.96. The second kappa shape index (κ2) is 5.09. The van der Waals surface area contributed by atoms with Crippen LogP contribution in [0, 0.1) is 13.8 Å². The molecule has 3 heteroatoms. The summed E-state index contributed by atoms with van der Waals surface area (Å²) in [4.78, 5) is 12.3. The molecule has 0 N–H and O–H groups in total. The van der Waals surface area contributed by atoms with E-state index in [1.54, 1.807) is 0 Å². The summed E-state index contributed by atoms with van der Waals surface area (Å²) in [5.41, 5.74) is 6.49. The molecule has 0 radical (unpaired) electrons. The van der Waals surface area contributed by atoms with Gasteiger partial charge < -0.3 is 8.83 Å². The lowest BCUT2D eigenvalue weighted by Crippen LogP contribution is -2.07. The Hall–Kier alpha value is -2.81. The molecule has 1 aliphatic rings. The molecule has 4 aromatic rings. The van der Waals surface area contributed by atoms with Crippen LogP contribution >= 0.6 is 0 Å². The Bertz CT molecular complexity index is 1190. The minimum Gasteiger partial charge on any atom is -0.460 e. The lowest BCUT2D eigenvalue weighted by Gasteiger charge is -2.07. The van der Waals surface area contributed by atoms with Crippen LogP contribution in [0.15, 0.2) is 50.0 Å². The molecule has 0 saturated carbocycles. The fourth-order valence-electron chi connectivity index (χ4n) is 4.23. The quantitative estimate of drug-likeness (QED) is 0.444. The SMILES string of the molecule is Cc1oc2c(C)c3oc(=O)c4c(c3cc2c1-c1ccccc1)CCC4. The lowest BCUT2D eigenvalue weighted by molar-refractivity contribution is 0.545. The van der Waals surface area contributed by atoms with Crippen LogP contribution in [0.1, 0.15) is 28.9 Å². The first-order chi connectivity index (χ1) is 12.1. The standard InChI is InChI=1S/C22H18O3/c1-12-20-17(15-9-6-10-16(15)22(23)25-20)11-18-19(13(2)24-21(12)18)14-7-4-3-5-8-14/h3-5,7-8,11H,6,9-10H2,1-2H3. The van der Waals surface area contributed by atoms with Crippen molar-refractivity contribution in [1.82, 2.24) is 0 Å². The summed E-state index contributed by atoms with van der Waals surface area (Å²) in [5.74, 6) is 0.888. The van der Waals surface area contributed by atoms with Crippen LogP contribution in [0.2, 0.25) is 0 Å². The molecule has 3 nitrogen and oxygen atoms in total. The smallest absolute Gasteiger partial charge is 0.339 e. The van der Waals surface area contributed by atoms with E-state index >= 15 is 0 Å². The molecular formula is C22H18O3. The largest absolute Gasteiger partial charge is 0.460 e. The van der Waals surface area contributed by atoms with Crippen LogP contribution in [0.3, 0.4) is 0 Å². The molecule has 2 aromatic carbocycles. The maximum absolute atomic E-state index is 12.3. The molecule has 0 bridgehead atoms. The zero-order chi connectivity index (χ0) is 17.1. The summed E-state index contributed by atoms with van der Waals surface area (Å²) in [6.07, 6.45) is 2.78. The molecule has 0 fully saturated rings.